The second-order valence-electron chi connectivity index (χ2n) is 6.88. The number of rotatable bonds is 6. The van der Waals surface area contributed by atoms with E-state index in [0.29, 0.717) is 21.2 Å². The van der Waals surface area contributed by atoms with E-state index >= 15 is 0 Å². The second-order valence-corrected chi connectivity index (χ2v) is 7.75. The summed E-state index contributed by atoms with van der Waals surface area (Å²) in [6.07, 6.45) is 4.89. The molecule has 1 amide bonds. The predicted molar refractivity (Wildman–Crippen MR) is 119 cm³/mol. The van der Waals surface area contributed by atoms with Gasteiger partial charge >= 0.3 is 0 Å². The maximum atomic E-state index is 12.8. The van der Waals surface area contributed by atoms with Crippen molar-refractivity contribution in [3.8, 4) is 5.75 Å². The average Bonchev–Trinajstić information content (AvgIpc) is 3.28. The highest BCUT2D eigenvalue weighted by Gasteiger charge is 2.21. The molecule has 1 aromatic carbocycles. The number of hydrogen-bond donors (Lipinski definition) is 4. The van der Waals surface area contributed by atoms with E-state index in [1.807, 2.05) is 6.92 Å². The first-order chi connectivity index (χ1) is 14.9. The molecule has 0 fully saturated rings. The average molecular weight is 457 g/mol. The first-order valence-corrected chi connectivity index (χ1v) is 10.1. The van der Waals surface area contributed by atoms with E-state index in [0.717, 1.165) is 11.3 Å². The number of H-pyrrole nitrogens is 1. The number of halogens is 2. The van der Waals surface area contributed by atoms with E-state index in [4.69, 9.17) is 23.2 Å². The number of carbonyl (C=O) groups excluding carboxylic acids is 1. The van der Waals surface area contributed by atoms with Crippen molar-refractivity contribution in [1.29, 1.82) is 0 Å². The van der Waals surface area contributed by atoms with Crippen LogP contribution in [0, 0.1) is 0 Å². The number of anilines is 1. The molecule has 4 N–H and O–H groups in total. The highest BCUT2D eigenvalue weighted by Crippen LogP contribution is 2.32. The number of amides is 1. The summed E-state index contributed by atoms with van der Waals surface area (Å²) in [7, 11) is 0. The Morgan fingerprint density at radius 3 is 2.71 bits per heavy atom. The monoisotopic (exact) mass is 456 g/mol. The number of aromatic amines is 1. The molecule has 1 atom stereocenters. The zero-order valence-corrected chi connectivity index (χ0v) is 17.9. The Balaban J connectivity index is 1.65. The fraction of sp³-hybridized carbons (Fsp3) is 0.143. The summed E-state index contributed by atoms with van der Waals surface area (Å²) < 4.78 is 0. The summed E-state index contributed by atoms with van der Waals surface area (Å²) in [4.78, 5) is 28.6. The van der Waals surface area contributed by atoms with Crippen LogP contribution in [0.2, 0.25) is 10.0 Å². The molecule has 31 heavy (non-hydrogen) atoms. The van der Waals surface area contributed by atoms with Crippen molar-refractivity contribution in [3.05, 3.63) is 76.0 Å². The quantitative estimate of drug-likeness (QED) is 0.340. The SMILES string of the molecule is CC(Nc1nc(C(=O)NCc2cc(Cl)cc(Cl)c2)c(O)c2ncccc12)c1c[nH]cn1. The van der Waals surface area contributed by atoms with Gasteiger partial charge in [0.15, 0.2) is 11.4 Å². The van der Waals surface area contributed by atoms with Crippen LogP contribution in [-0.4, -0.2) is 30.9 Å². The number of fused-ring (bicyclic) bond motifs is 1. The molecule has 0 aliphatic carbocycles. The van der Waals surface area contributed by atoms with E-state index in [1.165, 1.54) is 0 Å². The van der Waals surface area contributed by atoms with Crippen molar-refractivity contribution < 1.29 is 9.90 Å². The van der Waals surface area contributed by atoms with Crippen molar-refractivity contribution in [2.45, 2.75) is 19.5 Å². The van der Waals surface area contributed by atoms with Crippen molar-refractivity contribution in [3.63, 3.8) is 0 Å². The van der Waals surface area contributed by atoms with Crippen molar-refractivity contribution in [2.24, 2.45) is 0 Å². The molecule has 0 aliphatic heterocycles. The summed E-state index contributed by atoms with van der Waals surface area (Å²) in [6, 6.07) is 8.30. The summed E-state index contributed by atoms with van der Waals surface area (Å²) >= 11 is 12.0. The number of hydrogen-bond acceptors (Lipinski definition) is 6. The third-order valence-corrected chi connectivity index (χ3v) is 5.08. The molecule has 0 saturated heterocycles. The third kappa shape index (κ3) is 4.55. The molecule has 10 heteroatoms. The Morgan fingerprint density at radius 1 is 1.23 bits per heavy atom. The molecular formula is C21H18Cl2N6O2. The number of imidazole rings is 1. The van der Waals surface area contributed by atoms with Gasteiger partial charge in [-0.2, -0.15) is 0 Å². The van der Waals surface area contributed by atoms with Crippen LogP contribution in [0.25, 0.3) is 10.9 Å². The predicted octanol–water partition coefficient (Wildman–Crippen LogP) is 4.47. The van der Waals surface area contributed by atoms with Gasteiger partial charge in [-0.3, -0.25) is 9.78 Å². The minimum absolute atomic E-state index is 0.143. The molecular weight excluding hydrogens is 439 g/mol. The van der Waals surface area contributed by atoms with Gasteiger partial charge in [0.25, 0.3) is 5.91 Å². The Hall–Kier alpha value is -3.36. The van der Waals surface area contributed by atoms with Gasteiger partial charge in [0.2, 0.25) is 0 Å². The molecule has 0 bridgehead atoms. The molecule has 0 saturated carbocycles. The lowest BCUT2D eigenvalue weighted by molar-refractivity contribution is 0.0943. The van der Waals surface area contributed by atoms with Gasteiger partial charge in [-0.1, -0.05) is 23.2 Å². The standard InChI is InChI=1S/C21H18Cl2N6O2/c1-11(16-9-24-10-27-16)28-20-15-3-2-4-25-17(15)19(30)18(29-20)21(31)26-8-12-5-13(22)7-14(23)6-12/h2-7,9-11,30H,8H2,1H3,(H,24,27)(H,26,31)(H,28,29). The van der Waals surface area contributed by atoms with Gasteiger partial charge in [0, 0.05) is 34.4 Å². The van der Waals surface area contributed by atoms with Gasteiger partial charge in [0.1, 0.15) is 11.3 Å². The minimum atomic E-state index is -0.559. The molecule has 1 unspecified atom stereocenters. The minimum Gasteiger partial charge on any atom is -0.504 e. The number of pyridine rings is 2. The Bertz CT molecular complexity index is 1230. The summed E-state index contributed by atoms with van der Waals surface area (Å²) in [5, 5.41) is 18.2. The summed E-state index contributed by atoms with van der Waals surface area (Å²) in [6.45, 7) is 2.07. The number of carbonyl (C=O) groups is 1. The Kier molecular flexibility index (Phi) is 5.92. The van der Waals surface area contributed by atoms with Gasteiger partial charge in [-0.15, -0.1) is 0 Å². The first kappa shape index (κ1) is 20.9. The van der Waals surface area contributed by atoms with Crippen molar-refractivity contribution in [1.82, 2.24) is 25.3 Å². The van der Waals surface area contributed by atoms with Crippen LogP contribution in [0.1, 0.15) is 34.7 Å². The van der Waals surface area contributed by atoms with Crippen LogP contribution >= 0.6 is 23.2 Å². The zero-order chi connectivity index (χ0) is 22.0. The smallest absolute Gasteiger partial charge is 0.274 e. The highest BCUT2D eigenvalue weighted by atomic mass is 35.5. The summed E-state index contributed by atoms with van der Waals surface area (Å²) in [5.41, 5.74) is 1.62. The molecule has 8 nitrogen and oxygen atoms in total. The van der Waals surface area contributed by atoms with Gasteiger partial charge in [0.05, 0.1) is 18.1 Å². The highest BCUT2D eigenvalue weighted by molar-refractivity contribution is 6.34. The lowest BCUT2D eigenvalue weighted by atomic mass is 10.1. The number of nitrogens with one attached hydrogen (secondary N) is 3. The molecule has 0 radical (unpaired) electrons. The van der Waals surface area contributed by atoms with E-state index < -0.39 is 5.91 Å². The first-order valence-electron chi connectivity index (χ1n) is 9.38. The largest absolute Gasteiger partial charge is 0.504 e. The van der Waals surface area contributed by atoms with E-state index in [-0.39, 0.29) is 29.5 Å². The molecule has 158 valence electrons. The molecule has 3 heterocycles. The van der Waals surface area contributed by atoms with Crippen molar-refractivity contribution in [2.75, 3.05) is 5.32 Å². The molecule has 4 rings (SSSR count). The fourth-order valence-corrected chi connectivity index (χ4v) is 3.73. The number of aromatic nitrogens is 4. The molecule has 0 spiro atoms. The number of nitrogens with zero attached hydrogens (tertiary/aromatic N) is 3. The van der Waals surface area contributed by atoms with Crippen LogP contribution in [0.4, 0.5) is 5.82 Å². The second kappa shape index (κ2) is 8.79. The van der Waals surface area contributed by atoms with Gasteiger partial charge in [-0.25, -0.2) is 9.97 Å². The molecule has 3 aromatic heterocycles. The van der Waals surface area contributed by atoms with Gasteiger partial charge in [-0.05, 0) is 42.8 Å². The Morgan fingerprint density at radius 2 is 2.00 bits per heavy atom. The third-order valence-electron chi connectivity index (χ3n) is 4.64. The number of aromatic hydroxyl groups is 1. The lowest BCUT2D eigenvalue weighted by Crippen LogP contribution is -2.24. The Labute approximate surface area is 187 Å². The fourth-order valence-electron chi connectivity index (χ4n) is 3.16. The topological polar surface area (TPSA) is 116 Å². The van der Waals surface area contributed by atoms with Crippen LogP contribution in [0.15, 0.2) is 49.1 Å². The van der Waals surface area contributed by atoms with Gasteiger partial charge < -0.3 is 20.7 Å². The van der Waals surface area contributed by atoms with E-state index in [9.17, 15) is 9.90 Å². The maximum Gasteiger partial charge on any atom is 0.274 e. The van der Waals surface area contributed by atoms with Crippen LogP contribution in [-0.2, 0) is 6.54 Å². The van der Waals surface area contributed by atoms with Crippen LogP contribution in [0.5, 0.6) is 5.75 Å². The van der Waals surface area contributed by atoms with Crippen LogP contribution < -0.4 is 10.6 Å². The zero-order valence-electron chi connectivity index (χ0n) is 16.4. The normalized spacial score (nSPS) is 12.0. The van der Waals surface area contributed by atoms with E-state index in [1.54, 1.807) is 49.1 Å². The summed E-state index contributed by atoms with van der Waals surface area (Å²) in [5.74, 6) is -0.445. The van der Waals surface area contributed by atoms with Crippen molar-refractivity contribution >= 4 is 45.8 Å². The maximum absolute atomic E-state index is 12.8. The number of benzene rings is 1. The lowest BCUT2D eigenvalue weighted by Gasteiger charge is -2.16. The molecule has 4 aromatic rings. The van der Waals surface area contributed by atoms with E-state index in [2.05, 4.69) is 30.6 Å². The van der Waals surface area contributed by atoms with Crippen LogP contribution in [0.3, 0.4) is 0 Å². The molecule has 0 aliphatic rings.